The van der Waals surface area contributed by atoms with E-state index in [4.69, 9.17) is 5.73 Å². The van der Waals surface area contributed by atoms with E-state index in [0.29, 0.717) is 11.2 Å². The van der Waals surface area contributed by atoms with Crippen molar-refractivity contribution >= 4 is 23.1 Å². The fraction of sp³-hybridized carbons (Fsp3) is 0.786. The lowest BCUT2D eigenvalue weighted by Gasteiger charge is -2.34. The first kappa shape index (κ1) is 14.4. The van der Waals surface area contributed by atoms with Gasteiger partial charge in [-0.15, -0.1) is 11.3 Å². The van der Waals surface area contributed by atoms with Crippen LogP contribution in [0.2, 0.25) is 0 Å². The zero-order valence-corrected chi connectivity index (χ0v) is 13.0. The third-order valence-corrected chi connectivity index (χ3v) is 6.39. The number of aromatic nitrogens is 1. The Morgan fingerprint density at radius 1 is 1.50 bits per heavy atom. The molecular formula is C14H24N2S2. The zero-order valence-electron chi connectivity index (χ0n) is 11.4. The van der Waals surface area contributed by atoms with Gasteiger partial charge in [-0.25, -0.2) is 4.98 Å². The molecule has 2 nitrogen and oxygen atoms in total. The summed E-state index contributed by atoms with van der Waals surface area (Å²) in [6, 6.07) is 0. The van der Waals surface area contributed by atoms with Crippen LogP contribution in [-0.4, -0.2) is 16.8 Å². The minimum absolute atomic E-state index is 0.686. The summed E-state index contributed by atoms with van der Waals surface area (Å²) in [6.45, 7) is 5.20. The highest BCUT2D eigenvalue weighted by molar-refractivity contribution is 8.01. The Morgan fingerprint density at radius 3 is 2.94 bits per heavy atom. The van der Waals surface area contributed by atoms with Crippen molar-refractivity contribution in [2.75, 3.05) is 6.54 Å². The van der Waals surface area contributed by atoms with E-state index in [2.05, 4.69) is 24.2 Å². The van der Waals surface area contributed by atoms with Crippen LogP contribution in [0.15, 0.2) is 9.72 Å². The minimum atomic E-state index is 0.686. The Labute approximate surface area is 119 Å². The van der Waals surface area contributed by atoms with Crippen molar-refractivity contribution in [1.29, 1.82) is 0 Å². The normalized spacial score (nSPS) is 28.5. The van der Waals surface area contributed by atoms with Crippen molar-refractivity contribution in [2.45, 2.75) is 55.5 Å². The molecule has 0 spiro atoms. The van der Waals surface area contributed by atoms with Gasteiger partial charge in [0.2, 0.25) is 0 Å². The van der Waals surface area contributed by atoms with Gasteiger partial charge in [-0.2, -0.15) is 0 Å². The van der Waals surface area contributed by atoms with Crippen molar-refractivity contribution < 1.29 is 0 Å². The number of aryl methyl sites for hydroxylation is 1. The van der Waals surface area contributed by atoms with Crippen LogP contribution in [0.1, 0.15) is 44.7 Å². The molecule has 1 aliphatic carbocycles. The number of nitrogens with two attached hydrogens (primary N) is 1. The van der Waals surface area contributed by atoms with E-state index < -0.39 is 0 Å². The lowest BCUT2D eigenvalue weighted by atomic mass is 9.80. The molecule has 0 aromatic carbocycles. The van der Waals surface area contributed by atoms with Crippen LogP contribution in [-0.2, 0) is 0 Å². The Bertz CT molecular complexity index is 364. The molecule has 0 bridgehead atoms. The molecule has 1 heterocycles. The predicted molar refractivity (Wildman–Crippen MR) is 81.3 cm³/mol. The Balaban J connectivity index is 1.97. The van der Waals surface area contributed by atoms with Crippen molar-refractivity contribution in [3.63, 3.8) is 0 Å². The van der Waals surface area contributed by atoms with Crippen molar-refractivity contribution in [3.05, 3.63) is 11.1 Å². The van der Waals surface area contributed by atoms with E-state index >= 15 is 0 Å². The Hall–Kier alpha value is -0.0600. The largest absolute Gasteiger partial charge is 0.330 e. The molecule has 1 aromatic heterocycles. The number of nitrogens with zero attached hydrogens (tertiary/aromatic N) is 1. The number of thiazole rings is 1. The fourth-order valence-corrected chi connectivity index (χ4v) is 5.40. The fourth-order valence-electron chi connectivity index (χ4n) is 2.87. The summed E-state index contributed by atoms with van der Waals surface area (Å²) >= 11 is 3.76. The first-order valence-electron chi connectivity index (χ1n) is 7.01. The predicted octanol–water partition coefficient (Wildman–Crippen LogP) is 4.09. The molecule has 4 heteroatoms. The van der Waals surface area contributed by atoms with Crippen molar-refractivity contribution in [3.8, 4) is 0 Å². The Morgan fingerprint density at radius 2 is 2.33 bits per heavy atom. The van der Waals surface area contributed by atoms with Gasteiger partial charge in [0.15, 0.2) is 0 Å². The van der Waals surface area contributed by atoms with Gasteiger partial charge < -0.3 is 5.73 Å². The van der Waals surface area contributed by atoms with Crippen LogP contribution in [0.4, 0.5) is 0 Å². The van der Waals surface area contributed by atoms with E-state index in [0.717, 1.165) is 18.2 Å². The van der Waals surface area contributed by atoms with Gasteiger partial charge in [-0.1, -0.05) is 37.9 Å². The second kappa shape index (κ2) is 6.92. The summed E-state index contributed by atoms with van der Waals surface area (Å²) in [5.74, 6) is 1.60. The molecule has 0 aliphatic heterocycles. The smallest absolute Gasteiger partial charge is 0.150 e. The van der Waals surface area contributed by atoms with Gasteiger partial charge in [0.25, 0.3) is 0 Å². The van der Waals surface area contributed by atoms with Gasteiger partial charge >= 0.3 is 0 Å². The summed E-state index contributed by atoms with van der Waals surface area (Å²) in [5, 5.41) is 2.83. The lowest BCUT2D eigenvalue weighted by molar-refractivity contribution is 0.276. The molecular weight excluding hydrogens is 260 g/mol. The number of hydrogen-bond acceptors (Lipinski definition) is 4. The number of rotatable bonds is 5. The monoisotopic (exact) mass is 284 g/mol. The molecule has 1 aliphatic rings. The first-order chi connectivity index (χ1) is 8.72. The molecule has 0 saturated heterocycles. The topological polar surface area (TPSA) is 38.9 Å². The molecule has 3 unspecified atom stereocenters. The van der Waals surface area contributed by atoms with E-state index in [1.54, 1.807) is 11.3 Å². The highest BCUT2D eigenvalue weighted by Crippen LogP contribution is 2.41. The quantitative estimate of drug-likeness (QED) is 0.885. The van der Waals surface area contributed by atoms with Gasteiger partial charge in [0.05, 0.1) is 0 Å². The van der Waals surface area contributed by atoms with Crippen LogP contribution >= 0.6 is 23.1 Å². The van der Waals surface area contributed by atoms with E-state index in [-0.39, 0.29) is 0 Å². The highest BCUT2D eigenvalue weighted by Gasteiger charge is 2.30. The van der Waals surface area contributed by atoms with Crippen LogP contribution in [0, 0.1) is 18.8 Å². The highest BCUT2D eigenvalue weighted by atomic mass is 32.2. The summed E-state index contributed by atoms with van der Waals surface area (Å²) in [7, 11) is 0. The van der Waals surface area contributed by atoms with Crippen LogP contribution in [0.3, 0.4) is 0 Å². The van der Waals surface area contributed by atoms with E-state index in [1.165, 1.54) is 36.4 Å². The van der Waals surface area contributed by atoms with Gasteiger partial charge in [0, 0.05) is 16.3 Å². The number of thioether (sulfide) groups is 1. The average molecular weight is 284 g/mol. The SMILES string of the molecule is CCCC1CCC(CN)C(Sc2nc(C)cs2)C1. The van der Waals surface area contributed by atoms with E-state index in [1.807, 2.05) is 11.8 Å². The molecule has 2 rings (SSSR count). The number of hydrogen-bond donors (Lipinski definition) is 1. The molecule has 3 atom stereocenters. The second-order valence-electron chi connectivity index (χ2n) is 5.37. The lowest BCUT2D eigenvalue weighted by Crippen LogP contribution is -2.32. The molecule has 1 aromatic rings. The van der Waals surface area contributed by atoms with Gasteiger partial charge in [-0.05, 0) is 38.1 Å². The summed E-state index contributed by atoms with van der Waals surface area (Å²) in [4.78, 5) is 4.59. The second-order valence-corrected chi connectivity index (χ2v) is 7.72. The van der Waals surface area contributed by atoms with Gasteiger partial charge in [-0.3, -0.25) is 0 Å². The van der Waals surface area contributed by atoms with Crippen molar-refractivity contribution in [2.24, 2.45) is 17.6 Å². The molecule has 102 valence electrons. The molecule has 0 radical (unpaired) electrons. The van der Waals surface area contributed by atoms with E-state index in [9.17, 15) is 0 Å². The third kappa shape index (κ3) is 3.72. The summed E-state index contributed by atoms with van der Waals surface area (Å²) in [6.07, 6.45) is 6.71. The summed E-state index contributed by atoms with van der Waals surface area (Å²) in [5.41, 5.74) is 7.09. The molecule has 18 heavy (non-hydrogen) atoms. The summed E-state index contributed by atoms with van der Waals surface area (Å²) < 4.78 is 1.23. The molecule has 1 saturated carbocycles. The van der Waals surface area contributed by atoms with Crippen LogP contribution in [0.5, 0.6) is 0 Å². The minimum Gasteiger partial charge on any atom is -0.330 e. The molecule has 2 N–H and O–H groups in total. The maximum Gasteiger partial charge on any atom is 0.150 e. The first-order valence-corrected chi connectivity index (χ1v) is 8.77. The third-order valence-electron chi connectivity index (χ3n) is 3.89. The van der Waals surface area contributed by atoms with Crippen LogP contribution in [0.25, 0.3) is 0 Å². The van der Waals surface area contributed by atoms with Gasteiger partial charge in [0.1, 0.15) is 4.34 Å². The Kier molecular flexibility index (Phi) is 5.52. The maximum absolute atomic E-state index is 5.94. The molecule has 0 amide bonds. The molecule has 1 fully saturated rings. The maximum atomic E-state index is 5.94. The average Bonchev–Trinajstić information content (AvgIpc) is 2.76. The zero-order chi connectivity index (χ0) is 13.0. The van der Waals surface area contributed by atoms with Crippen LogP contribution < -0.4 is 5.73 Å². The standard InChI is InChI=1S/C14H24N2S2/c1-3-4-11-5-6-12(8-15)13(7-11)18-14-16-10(2)9-17-14/h9,11-13H,3-8,15H2,1-2H3. The van der Waals surface area contributed by atoms with Crippen molar-refractivity contribution in [1.82, 2.24) is 4.98 Å².